The summed E-state index contributed by atoms with van der Waals surface area (Å²) < 4.78 is 29.2. The first-order valence-corrected chi connectivity index (χ1v) is 13.5. The van der Waals surface area contributed by atoms with E-state index in [2.05, 4.69) is 25.9 Å². The summed E-state index contributed by atoms with van der Waals surface area (Å²) in [4.78, 5) is 35.0. The van der Waals surface area contributed by atoms with Gasteiger partial charge < -0.3 is 20.9 Å². The predicted octanol–water partition coefficient (Wildman–Crippen LogP) is 5.53. The predicted molar refractivity (Wildman–Crippen MR) is 153 cm³/mol. The normalized spacial score (nSPS) is 23.6. The summed E-state index contributed by atoms with van der Waals surface area (Å²) in [5, 5.41) is 8.98. The number of hydrogen-bond acceptors (Lipinski definition) is 4. The lowest BCUT2D eigenvalue weighted by Crippen LogP contribution is -2.49. The third-order valence-corrected chi connectivity index (χ3v) is 8.08. The number of hydrogen-bond donors (Lipinski definition) is 4. The topological polar surface area (TPSA) is 98.9 Å². The number of rotatable bonds is 6. The summed E-state index contributed by atoms with van der Waals surface area (Å²) >= 11 is 12.3. The van der Waals surface area contributed by atoms with Crippen molar-refractivity contribution >= 4 is 53.1 Å². The standard InChI is InChI=1S/C28H29Cl2F2N5O2.ClH/c1-27(2,3)13-21-28(15-11-19(32)17(30)12-20(15)36-26(28)39)23(14-4-5-18(31)16(29)10-14)24(37-21)25(38)35-7-6-22-33-8-9-34-22;/h4-5,8-12,21,23-24,37H,6-7,13H2,1-3H3,(H,33,34)(H,35,38)(H,36,39);1H/t21-,23+,24-,28+;/m1./s1. The molecular formula is C28H30Cl3F2N5O2. The van der Waals surface area contributed by atoms with Gasteiger partial charge in [-0.25, -0.2) is 13.8 Å². The Labute approximate surface area is 247 Å². The Balaban J connectivity index is 0.00000370. The van der Waals surface area contributed by atoms with Crippen molar-refractivity contribution in [3.8, 4) is 0 Å². The number of benzene rings is 2. The Bertz CT molecular complexity index is 1430. The first-order chi connectivity index (χ1) is 18.4. The molecule has 4 N–H and O–H groups in total. The number of amides is 2. The van der Waals surface area contributed by atoms with E-state index in [-0.39, 0.29) is 33.8 Å². The lowest BCUT2D eigenvalue weighted by atomic mass is 9.62. The quantitative estimate of drug-likeness (QED) is 0.294. The van der Waals surface area contributed by atoms with Gasteiger partial charge in [-0.15, -0.1) is 12.4 Å². The molecule has 0 aliphatic carbocycles. The van der Waals surface area contributed by atoms with Crippen LogP contribution in [0, 0.1) is 17.0 Å². The van der Waals surface area contributed by atoms with Crippen molar-refractivity contribution in [3.63, 3.8) is 0 Å². The minimum Gasteiger partial charge on any atom is -0.354 e. The van der Waals surface area contributed by atoms with Crippen molar-refractivity contribution < 1.29 is 18.4 Å². The maximum absolute atomic E-state index is 15.0. The van der Waals surface area contributed by atoms with E-state index in [9.17, 15) is 18.4 Å². The first-order valence-electron chi connectivity index (χ1n) is 12.7. The first kappa shape index (κ1) is 30.2. The largest absolute Gasteiger partial charge is 0.354 e. The van der Waals surface area contributed by atoms with E-state index in [1.807, 2.05) is 20.8 Å². The second kappa shape index (κ2) is 11.3. The third-order valence-electron chi connectivity index (χ3n) is 7.50. The second-order valence-corrected chi connectivity index (χ2v) is 12.1. The van der Waals surface area contributed by atoms with Gasteiger partial charge in [0.25, 0.3) is 0 Å². The molecule has 5 rings (SSSR count). The summed E-state index contributed by atoms with van der Waals surface area (Å²) in [6.07, 6.45) is 4.28. The van der Waals surface area contributed by atoms with Gasteiger partial charge in [0.2, 0.25) is 11.8 Å². The maximum atomic E-state index is 15.0. The van der Waals surface area contributed by atoms with Gasteiger partial charge in [0, 0.05) is 43.0 Å². The van der Waals surface area contributed by atoms with Crippen molar-refractivity contribution in [2.45, 2.75) is 57.0 Å². The van der Waals surface area contributed by atoms with Crippen LogP contribution in [0.2, 0.25) is 10.0 Å². The van der Waals surface area contributed by atoms with Gasteiger partial charge in [0.05, 0.1) is 16.1 Å². The van der Waals surface area contributed by atoms with Crippen molar-refractivity contribution in [1.82, 2.24) is 20.6 Å². The number of nitrogens with zero attached hydrogens (tertiary/aromatic N) is 1. The van der Waals surface area contributed by atoms with Crippen LogP contribution in [0.3, 0.4) is 0 Å². The fourth-order valence-corrected chi connectivity index (χ4v) is 6.34. The molecule has 0 radical (unpaired) electrons. The minimum absolute atomic E-state index is 0. The van der Waals surface area contributed by atoms with Crippen molar-refractivity contribution in [1.29, 1.82) is 0 Å². The van der Waals surface area contributed by atoms with Gasteiger partial charge in [-0.1, -0.05) is 50.0 Å². The average molecular weight is 613 g/mol. The zero-order chi connectivity index (χ0) is 28.1. The molecule has 7 nitrogen and oxygen atoms in total. The van der Waals surface area contributed by atoms with Gasteiger partial charge in [0.1, 0.15) is 22.9 Å². The zero-order valence-corrected chi connectivity index (χ0v) is 24.4. The van der Waals surface area contributed by atoms with Gasteiger partial charge in [-0.05, 0) is 47.2 Å². The Morgan fingerprint density at radius 2 is 1.85 bits per heavy atom. The highest BCUT2D eigenvalue weighted by molar-refractivity contribution is 6.31. The van der Waals surface area contributed by atoms with Crippen LogP contribution in [0.15, 0.2) is 42.7 Å². The molecule has 2 amide bonds. The van der Waals surface area contributed by atoms with Crippen LogP contribution in [0.1, 0.15) is 50.1 Å². The summed E-state index contributed by atoms with van der Waals surface area (Å²) in [6.45, 7) is 6.38. The molecular weight excluding hydrogens is 583 g/mol. The summed E-state index contributed by atoms with van der Waals surface area (Å²) in [5.74, 6) is -2.16. The van der Waals surface area contributed by atoms with E-state index in [0.29, 0.717) is 36.2 Å². The number of nitrogens with one attached hydrogen (secondary N) is 4. The number of carbonyl (C=O) groups excluding carboxylic acids is 2. The molecule has 1 fully saturated rings. The number of H-pyrrole nitrogens is 1. The van der Waals surface area contributed by atoms with E-state index >= 15 is 0 Å². The van der Waals surface area contributed by atoms with Crippen molar-refractivity contribution in [2.75, 3.05) is 11.9 Å². The van der Waals surface area contributed by atoms with Crippen LogP contribution in [-0.2, 0) is 21.4 Å². The summed E-state index contributed by atoms with van der Waals surface area (Å²) in [7, 11) is 0. The lowest BCUT2D eigenvalue weighted by Gasteiger charge is -2.37. The molecule has 1 aromatic heterocycles. The number of halogens is 5. The van der Waals surface area contributed by atoms with Crippen molar-refractivity contribution in [3.05, 3.63) is 81.4 Å². The molecule has 3 heterocycles. The number of anilines is 1. The van der Waals surface area contributed by atoms with Crippen LogP contribution in [0.4, 0.5) is 14.5 Å². The Kier molecular flexibility index (Phi) is 8.53. The molecule has 4 atom stereocenters. The van der Waals surface area contributed by atoms with Crippen LogP contribution in [0.25, 0.3) is 0 Å². The number of aromatic amines is 1. The van der Waals surface area contributed by atoms with E-state index in [1.54, 1.807) is 12.4 Å². The second-order valence-electron chi connectivity index (χ2n) is 11.3. The van der Waals surface area contributed by atoms with Gasteiger partial charge in [-0.3, -0.25) is 9.59 Å². The monoisotopic (exact) mass is 611 g/mol. The molecule has 214 valence electrons. The SMILES string of the molecule is CC(C)(C)C[C@H]1N[C@@H](C(=O)NCCc2ncc[nH]2)[C@H](c2ccc(F)c(Cl)c2)[C@@]12C(=O)Nc1cc(Cl)c(F)cc12.Cl. The fraction of sp³-hybridized carbons (Fsp3) is 0.393. The van der Waals surface area contributed by atoms with Gasteiger partial charge >= 0.3 is 0 Å². The van der Waals surface area contributed by atoms with Crippen LogP contribution >= 0.6 is 35.6 Å². The van der Waals surface area contributed by atoms with Crippen LogP contribution in [0.5, 0.6) is 0 Å². The van der Waals surface area contributed by atoms with Crippen LogP contribution < -0.4 is 16.0 Å². The number of fused-ring (bicyclic) bond motifs is 2. The minimum atomic E-state index is -1.40. The number of carbonyl (C=O) groups is 2. The van der Waals surface area contributed by atoms with Crippen LogP contribution in [-0.4, -0.2) is 40.4 Å². The van der Waals surface area contributed by atoms with E-state index in [4.69, 9.17) is 23.2 Å². The Morgan fingerprint density at radius 3 is 2.50 bits per heavy atom. The fourth-order valence-electron chi connectivity index (χ4n) is 5.99. The molecule has 0 saturated carbocycles. The molecule has 12 heteroatoms. The number of imidazole rings is 1. The van der Waals surface area contributed by atoms with E-state index < -0.39 is 41.0 Å². The highest BCUT2D eigenvalue weighted by Gasteiger charge is 2.65. The van der Waals surface area contributed by atoms with Crippen molar-refractivity contribution in [2.24, 2.45) is 5.41 Å². The van der Waals surface area contributed by atoms with Gasteiger partial charge in [-0.2, -0.15) is 0 Å². The average Bonchev–Trinajstić information content (AvgIpc) is 3.55. The molecule has 3 aromatic rings. The summed E-state index contributed by atoms with van der Waals surface area (Å²) in [6, 6.07) is 5.34. The van der Waals surface area contributed by atoms with E-state index in [0.717, 1.165) is 5.82 Å². The molecule has 1 saturated heterocycles. The zero-order valence-electron chi connectivity index (χ0n) is 22.1. The molecule has 40 heavy (non-hydrogen) atoms. The smallest absolute Gasteiger partial charge is 0.237 e. The Morgan fingerprint density at radius 1 is 1.12 bits per heavy atom. The highest BCUT2D eigenvalue weighted by Crippen LogP contribution is 2.57. The van der Waals surface area contributed by atoms with E-state index in [1.165, 1.54) is 30.3 Å². The maximum Gasteiger partial charge on any atom is 0.237 e. The molecule has 2 aromatic carbocycles. The van der Waals surface area contributed by atoms with Gasteiger partial charge in [0.15, 0.2) is 0 Å². The molecule has 1 spiro atoms. The molecule has 0 bridgehead atoms. The summed E-state index contributed by atoms with van der Waals surface area (Å²) in [5.41, 5.74) is -0.418. The Hall–Kier alpha value is -2.72. The lowest BCUT2D eigenvalue weighted by molar-refractivity contribution is -0.123. The molecule has 2 aliphatic rings. The number of aromatic nitrogens is 2. The molecule has 2 aliphatic heterocycles. The third kappa shape index (κ3) is 5.32. The highest BCUT2D eigenvalue weighted by atomic mass is 35.5. The molecule has 0 unspecified atom stereocenters.